The molecular formula is C9H8FNO. The maximum Gasteiger partial charge on any atom is 0.248 e. The molecule has 3 heteroatoms. The first-order valence-electron chi connectivity index (χ1n) is 3.44. The van der Waals surface area contributed by atoms with E-state index in [-0.39, 0.29) is 10.3 Å². The Kier molecular flexibility index (Phi) is 2.24. The van der Waals surface area contributed by atoms with Gasteiger partial charge in [-0.1, -0.05) is 18.2 Å². The fraction of sp³-hybridized carbons (Fsp3) is 0. The fourth-order valence-electron chi connectivity index (χ4n) is 1.10. The minimum absolute atomic E-state index is 0. The molecule has 0 amide bonds. The lowest BCUT2D eigenvalue weighted by Crippen LogP contribution is -2.01. The SMILES string of the molecule is F.O=c1ccc2ccccc2[nH]1. The lowest BCUT2D eigenvalue weighted by Gasteiger charge is -1.93. The van der Waals surface area contributed by atoms with Crippen LogP contribution in [0.5, 0.6) is 0 Å². The fourth-order valence-corrected chi connectivity index (χ4v) is 1.10. The van der Waals surface area contributed by atoms with Gasteiger partial charge in [-0.2, -0.15) is 0 Å². The Morgan fingerprint density at radius 3 is 2.58 bits per heavy atom. The molecule has 2 rings (SSSR count). The predicted molar refractivity (Wildman–Crippen MR) is 47.1 cm³/mol. The molecule has 0 unspecified atom stereocenters. The molecule has 0 atom stereocenters. The van der Waals surface area contributed by atoms with Crippen LogP contribution in [0.15, 0.2) is 41.2 Å². The number of hydrogen-bond acceptors (Lipinski definition) is 1. The molecular weight excluding hydrogens is 157 g/mol. The van der Waals surface area contributed by atoms with Gasteiger partial charge in [0.25, 0.3) is 0 Å². The third kappa shape index (κ3) is 1.34. The summed E-state index contributed by atoms with van der Waals surface area (Å²) in [6.07, 6.45) is 0. The minimum Gasteiger partial charge on any atom is -0.322 e. The lowest BCUT2D eigenvalue weighted by molar-refractivity contribution is 1.11. The van der Waals surface area contributed by atoms with E-state index in [1.807, 2.05) is 30.3 Å². The van der Waals surface area contributed by atoms with Gasteiger partial charge in [0.2, 0.25) is 5.56 Å². The molecule has 1 aromatic heterocycles. The minimum atomic E-state index is -0.0521. The van der Waals surface area contributed by atoms with Crippen molar-refractivity contribution in [1.29, 1.82) is 0 Å². The Morgan fingerprint density at radius 1 is 1.00 bits per heavy atom. The highest BCUT2D eigenvalue weighted by molar-refractivity contribution is 5.77. The number of benzene rings is 1. The van der Waals surface area contributed by atoms with Gasteiger partial charge in [-0.25, -0.2) is 0 Å². The predicted octanol–water partition coefficient (Wildman–Crippen LogP) is 1.68. The van der Waals surface area contributed by atoms with Crippen LogP contribution in [-0.4, -0.2) is 4.98 Å². The Hall–Kier alpha value is -1.64. The molecule has 1 aromatic carbocycles. The molecule has 0 saturated heterocycles. The van der Waals surface area contributed by atoms with Crippen molar-refractivity contribution < 1.29 is 4.70 Å². The van der Waals surface area contributed by atoms with Gasteiger partial charge in [0.1, 0.15) is 0 Å². The van der Waals surface area contributed by atoms with Crippen molar-refractivity contribution in [2.75, 3.05) is 0 Å². The molecule has 0 aliphatic heterocycles. The van der Waals surface area contributed by atoms with Crippen molar-refractivity contribution in [3.63, 3.8) is 0 Å². The summed E-state index contributed by atoms with van der Waals surface area (Å²) in [5, 5.41) is 1.06. The summed E-state index contributed by atoms with van der Waals surface area (Å²) < 4.78 is 0. The molecule has 0 radical (unpaired) electrons. The smallest absolute Gasteiger partial charge is 0.248 e. The number of nitrogens with one attached hydrogen (secondary N) is 1. The number of rotatable bonds is 0. The number of halogens is 1. The van der Waals surface area contributed by atoms with Crippen LogP contribution in [0, 0.1) is 0 Å². The van der Waals surface area contributed by atoms with Gasteiger partial charge < -0.3 is 4.98 Å². The van der Waals surface area contributed by atoms with E-state index in [2.05, 4.69) is 4.98 Å². The Balaban J connectivity index is 0.000000720. The van der Waals surface area contributed by atoms with Crippen molar-refractivity contribution >= 4 is 10.9 Å². The van der Waals surface area contributed by atoms with Gasteiger partial charge in [-0.15, -0.1) is 0 Å². The first kappa shape index (κ1) is 8.46. The summed E-state index contributed by atoms with van der Waals surface area (Å²) in [6, 6.07) is 11.0. The van der Waals surface area contributed by atoms with E-state index >= 15 is 0 Å². The van der Waals surface area contributed by atoms with Crippen molar-refractivity contribution in [2.24, 2.45) is 0 Å². The van der Waals surface area contributed by atoms with Gasteiger partial charge in [-0.3, -0.25) is 9.50 Å². The second kappa shape index (κ2) is 3.17. The number of para-hydroxylation sites is 1. The highest BCUT2D eigenvalue weighted by Gasteiger charge is 1.89. The Bertz CT molecular complexity index is 435. The van der Waals surface area contributed by atoms with Gasteiger partial charge in [0.05, 0.1) is 0 Å². The molecule has 0 spiro atoms. The molecule has 1 N–H and O–H groups in total. The quantitative estimate of drug-likeness (QED) is 0.633. The summed E-state index contributed by atoms with van der Waals surface area (Å²) >= 11 is 0. The topological polar surface area (TPSA) is 32.9 Å². The number of H-pyrrole nitrogens is 1. The first-order valence-corrected chi connectivity index (χ1v) is 3.44. The second-order valence-corrected chi connectivity index (χ2v) is 2.41. The number of aromatic nitrogens is 1. The van der Waals surface area contributed by atoms with Crippen LogP contribution in [0.25, 0.3) is 10.9 Å². The van der Waals surface area contributed by atoms with Crippen LogP contribution >= 0.6 is 0 Å². The first-order chi connectivity index (χ1) is 5.36. The van der Waals surface area contributed by atoms with Gasteiger partial charge in [0.15, 0.2) is 0 Å². The monoisotopic (exact) mass is 165 g/mol. The van der Waals surface area contributed by atoms with Gasteiger partial charge in [-0.05, 0) is 17.5 Å². The molecule has 0 fully saturated rings. The lowest BCUT2D eigenvalue weighted by atomic mass is 10.2. The molecule has 0 saturated carbocycles. The zero-order valence-electron chi connectivity index (χ0n) is 6.28. The van der Waals surface area contributed by atoms with Crippen molar-refractivity contribution in [3.05, 3.63) is 46.8 Å². The van der Waals surface area contributed by atoms with Gasteiger partial charge >= 0.3 is 0 Å². The highest BCUT2D eigenvalue weighted by atomic mass is 19.0. The van der Waals surface area contributed by atoms with E-state index in [9.17, 15) is 4.79 Å². The average Bonchev–Trinajstić information content (AvgIpc) is 2.04. The summed E-state index contributed by atoms with van der Waals surface area (Å²) in [5.41, 5.74) is 0.837. The van der Waals surface area contributed by atoms with Crippen LogP contribution in [0.1, 0.15) is 0 Å². The zero-order chi connectivity index (χ0) is 7.68. The third-order valence-electron chi connectivity index (χ3n) is 1.63. The second-order valence-electron chi connectivity index (χ2n) is 2.41. The van der Waals surface area contributed by atoms with Crippen LogP contribution in [-0.2, 0) is 0 Å². The van der Waals surface area contributed by atoms with Crippen LogP contribution in [0.4, 0.5) is 4.70 Å². The molecule has 0 aliphatic carbocycles. The van der Waals surface area contributed by atoms with Crippen LogP contribution in [0.2, 0.25) is 0 Å². The molecule has 2 nitrogen and oxygen atoms in total. The molecule has 12 heavy (non-hydrogen) atoms. The van der Waals surface area contributed by atoms with Crippen molar-refractivity contribution in [1.82, 2.24) is 4.98 Å². The summed E-state index contributed by atoms with van der Waals surface area (Å²) in [7, 11) is 0. The van der Waals surface area contributed by atoms with Gasteiger partial charge in [0, 0.05) is 11.6 Å². The summed E-state index contributed by atoms with van der Waals surface area (Å²) in [5.74, 6) is 0. The largest absolute Gasteiger partial charge is 0.322 e. The standard InChI is InChI=1S/C9H7NO.FH/c11-9-6-5-7-3-1-2-4-8(7)10-9;/h1-6H,(H,10,11);1H. The Morgan fingerprint density at radius 2 is 1.75 bits per heavy atom. The summed E-state index contributed by atoms with van der Waals surface area (Å²) in [6.45, 7) is 0. The molecule has 2 aromatic rings. The Labute approximate surface area is 68.2 Å². The number of fused-ring (bicyclic) bond motifs is 1. The number of aromatic amines is 1. The molecule has 1 heterocycles. The molecule has 0 aliphatic rings. The van der Waals surface area contributed by atoms with Crippen LogP contribution < -0.4 is 5.56 Å². The summed E-state index contributed by atoms with van der Waals surface area (Å²) in [4.78, 5) is 13.6. The van der Waals surface area contributed by atoms with Crippen molar-refractivity contribution in [2.45, 2.75) is 0 Å². The highest BCUT2D eigenvalue weighted by Crippen LogP contribution is 2.06. The molecule has 0 bridgehead atoms. The zero-order valence-corrected chi connectivity index (χ0v) is 6.28. The van der Waals surface area contributed by atoms with Crippen molar-refractivity contribution in [3.8, 4) is 0 Å². The average molecular weight is 165 g/mol. The van der Waals surface area contributed by atoms with Crippen LogP contribution in [0.3, 0.4) is 0 Å². The maximum atomic E-state index is 10.8. The van der Waals surface area contributed by atoms with E-state index < -0.39 is 0 Å². The normalized spacial score (nSPS) is 9.33. The van der Waals surface area contributed by atoms with E-state index in [0.717, 1.165) is 10.9 Å². The van der Waals surface area contributed by atoms with E-state index in [4.69, 9.17) is 0 Å². The third-order valence-corrected chi connectivity index (χ3v) is 1.63. The number of hydrogen-bond donors (Lipinski definition) is 1. The maximum absolute atomic E-state index is 10.8. The number of pyridine rings is 1. The van der Waals surface area contributed by atoms with E-state index in [0.29, 0.717) is 0 Å². The van der Waals surface area contributed by atoms with E-state index in [1.165, 1.54) is 6.07 Å². The van der Waals surface area contributed by atoms with E-state index in [1.54, 1.807) is 0 Å². The molecule has 62 valence electrons.